The summed E-state index contributed by atoms with van der Waals surface area (Å²) in [4.78, 5) is 12.0. The van der Waals surface area contributed by atoms with Gasteiger partial charge in [-0.2, -0.15) is 0 Å². The summed E-state index contributed by atoms with van der Waals surface area (Å²) in [6, 6.07) is 10.8. The van der Waals surface area contributed by atoms with Crippen molar-refractivity contribution in [2.75, 3.05) is 20.1 Å². The number of amides is 1. The summed E-state index contributed by atoms with van der Waals surface area (Å²) in [6.07, 6.45) is 8.10. The molecule has 0 atom stereocenters. The molecule has 1 saturated carbocycles. The Morgan fingerprint density at radius 3 is 2.38 bits per heavy atom. The van der Waals surface area contributed by atoms with Gasteiger partial charge in [0, 0.05) is 24.9 Å². The van der Waals surface area contributed by atoms with E-state index >= 15 is 0 Å². The molecule has 0 bridgehead atoms. The van der Waals surface area contributed by atoms with Crippen molar-refractivity contribution < 1.29 is 4.79 Å². The Kier molecular flexibility index (Phi) is 6.24. The van der Waals surface area contributed by atoms with Crippen molar-refractivity contribution in [3.63, 3.8) is 0 Å². The summed E-state index contributed by atoms with van der Waals surface area (Å²) in [5, 5.41) is 6.20. The van der Waals surface area contributed by atoms with Crippen LogP contribution in [0.3, 0.4) is 0 Å². The van der Waals surface area contributed by atoms with Crippen LogP contribution in [-0.4, -0.2) is 26.0 Å². The van der Waals surface area contributed by atoms with Crippen molar-refractivity contribution in [3.05, 3.63) is 35.9 Å². The molecule has 0 radical (unpaired) electrons. The molecule has 2 rings (SSSR count). The first kappa shape index (κ1) is 16.0. The third-order valence-electron chi connectivity index (χ3n) is 4.67. The third kappa shape index (κ3) is 4.57. The van der Waals surface area contributed by atoms with Crippen molar-refractivity contribution in [1.82, 2.24) is 10.6 Å². The minimum absolute atomic E-state index is 0.132. The molecule has 3 nitrogen and oxygen atoms in total. The maximum Gasteiger partial charge on any atom is 0.221 e. The summed E-state index contributed by atoms with van der Waals surface area (Å²) in [7, 11) is 1.88. The van der Waals surface area contributed by atoms with E-state index in [-0.39, 0.29) is 11.3 Å². The van der Waals surface area contributed by atoms with Gasteiger partial charge in [-0.05, 0) is 25.5 Å². The van der Waals surface area contributed by atoms with Gasteiger partial charge in [-0.1, -0.05) is 56.0 Å². The zero-order chi connectivity index (χ0) is 15.0. The number of carbonyl (C=O) groups is 1. The van der Waals surface area contributed by atoms with Crippen molar-refractivity contribution in [2.45, 2.75) is 50.4 Å². The first-order valence-electron chi connectivity index (χ1n) is 8.24. The Hall–Kier alpha value is -1.35. The molecule has 1 amide bonds. The Morgan fingerprint density at radius 2 is 1.76 bits per heavy atom. The quantitative estimate of drug-likeness (QED) is 0.790. The standard InChI is InChI=1S/C18H28N2O/c1-19-14-11-17(21)20-15-18(12-7-2-3-8-13-18)16-9-5-4-6-10-16/h4-6,9-10,19H,2-3,7-8,11-15H2,1H3,(H,20,21). The number of hydrogen-bond acceptors (Lipinski definition) is 2. The van der Waals surface area contributed by atoms with E-state index in [0.29, 0.717) is 6.42 Å². The number of benzene rings is 1. The van der Waals surface area contributed by atoms with Gasteiger partial charge in [-0.3, -0.25) is 4.79 Å². The molecule has 0 heterocycles. The van der Waals surface area contributed by atoms with Gasteiger partial charge in [0.1, 0.15) is 0 Å². The molecule has 3 heteroatoms. The molecular weight excluding hydrogens is 260 g/mol. The lowest BCUT2D eigenvalue weighted by atomic mass is 9.74. The number of hydrogen-bond donors (Lipinski definition) is 2. The number of carbonyl (C=O) groups excluding carboxylic acids is 1. The number of nitrogens with one attached hydrogen (secondary N) is 2. The van der Waals surface area contributed by atoms with Crippen LogP contribution in [0.25, 0.3) is 0 Å². The highest BCUT2D eigenvalue weighted by atomic mass is 16.1. The summed E-state index contributed by atoms with van der Waals surface area (Å²) in [6.45, 7) is 1.52. The molecule has 0 spiro atoms. The Bertz CT molecular complexity index is 422. The topological polar surface area (TPSA) is 41.1 Å². The zero-order valence-corrected chi connectivity index (χ0v) is 13.2. The fourth-order valence-electron chi connectivity index (χ4n) is 3.36. The maximum absolute atomic E-state index is 12.0. The van der Waals surface area contributed by atoms with Gasteiger partial charge in [0.05, 0.1) is 0 Å². The van der Waals surface area contributed by atoms with Gasteiger partial charge in [0.25, 0.3) is 0 Å². The monoisotopic (exact) mass is 288 g/mol. The molecule has 2 N–H and O–H groups in total. The lowest BCUT2D eigenvalue weighted by molar-refractivity contribution is -0.121. The van der Waals surface area contributed by atoms with Crippen LogP contribution in [0.15, 0.2) is 30.3 Å². The minimum Gasteiger partial charge on any atom is -0.355 e. The largest absolute Gasteiger partial charge is 0.355 e. The van der Waals surface area contributed by atoms with Crippen LogP contribution < -0.4 is 10.6 Å². The molecule has 1 aromatic carbocycles. The summed E-state index contributed by atoms with van der Waals surface area (Å²) in [5.41, 5.74) is 1.52. The second-order valence-corrected chi connectivity index (χ2v) is 6.19. The fraction of sp³-hybridized carbons (Fsp3) is 0.611. The molecule has 1 aliphatic rings. The summed E-state index contributed by atoms with van der Waals surface area (Å²) < 4.78 is 0. The molecule has 0 saturated heterocycles. The lowest BCUT2D eigenvalue weighted by Gasteiger charge is -2.34. The predicted octanol–water partition coefficient (Wildman–Crippen LogP) is 3.00. The van der Waals surface area contributed by atoms with Gasteiger partial charge < -0.3 is 10.6 Å². The minimum atomic E-state index is 0.132. The summed E-state index contributed by atoms with van der Waals surface area (Å²) >= 11 is 0. The van der Waals surface area contributed by atoms with Crippen LogP contribution in [0.4, 0.5) is 0 Å². The van der Waals surface area contributed by atoms with Crippen LogP contribution in [0.5, 0.6) is 0 Å². The van der Waals surface area contributed by atoms with E-state index in [1.807, 2.05) is 7.05 Å². The van der Waals surface area contributed by atoms with Crippen molar-refractivity contribution in [1.29, 1.82) is 0 Å². The van der Waals surface area contributed by atoms with Gasteiger partial charge in [-0.25, -0.2) is 0 Å². The van der Waals surface area contributed by atoms with Gasteiger partial charge in [0.15, 0.2) is 0 Å². The van der Waals surface area contributed by atoms with E-state index in [1.54, 1.807) is 0 Å². The van der Waals surface area contributed by atoms with E-state index in [4.69, 9.17) is 0 Å². The van der Waals surface area contributed by atoms with Gasteiger partial charge in [-0.15, -0.1) is 0 Å². The predicted molar refractivity (Wildman–Crippen MR) is 87.4 cm³/mol. The highest BCUT2D eigenvalue weighted by Gasteiger charge is 2.32. The van der Waals surface area contributed by atoms with Crippen molar-refractivity contribution in [3.8, 4) is 0 Å². The van der Waals surface area contributed by atoms with Crippen LogP contribution in [0, 0.1) is 0 Å². The smallest absolute Gasteiger partial charge is 0.221 e. The maximum atomic E-state index is 12.0. The molecule has 1 aliphatic carbocycles. The van der Waals surface area contributed by atoms with E-state index in [1.165, 1.54) is 44.1 Å². The van der Waals surface area contributed by atoms with E-state index in [0.717, 1.165) is 13.1 Å². The second kappa shape index (κ2) is 8.18. The Morgan fingerprint density at radius 1 is 1.10 bits per heavy atom. The lowest BCUT2D eigenvalue weighted by Crippen LogP contribution is -2.41. The first-order valence-corrected chi connectivity index (χ1v) is 8.24. The van der Waals surface area contributed by atoms with E-state index in [9.17, 15) is 4.79 Å². The van der Waals surface area contributed by atoms with Crippen LogP contribution >= 0.6 is 0 Å². The van der Waals surface area contributed by atoms with Gasteiger partial charge >= 0.3 is 0 Å². The Labute approximate surface area is 128 Å². The molecule has 0 aromatic heterocycles. The van der Waals surface area contributed by atoms with Crippen LogP contribution in [-0.2, 0) is 10.2 Å². The molecular formula is C18H28N2O. The number of rotatable bonds is 6. The SMILES string of the molecule is CNCCC(=O)NCC1(c2ccccc2)CCCCCC1. The zero-order valence-electron chi connectivity index (χ0n) is 13.2. The first-order chi connectivity index (χ1) is 10.3. The average molecular weight is 288 g/mol. The highest BCUT2D eigenvalue weighted by Crippen LogP contribution is 2.37. The second-order valence-electron chi connectivity index (χ2n) is 6.19. The van der Waals surface area contributed by atoms with E-state index < -0.39 is 0 Å². The molecule has 116 valence electrons. The normalized spacial score (nSPS) is 18.0. The molecule has 0 aliphatic heterocycles. The van der Waals surface area contributed by atoms with Gasteiger partial charge in [0.2, 0.25) is 5.91 Å². The third-order valence-corrected chi connectivity index (χ3v) is 4.67. The molecule has 0 unspecified atom stereocenters. The molecule has 1 fully saturated rings. The van der Waals surface area contributed by atoms with Crippen LogP contribution in [0.2, 0.25) is 0 Å². The highest BCUT2D eigenvalue weighted by molar-refractivity contribution is 5.76. The van der Waals surface area contributed by atoms with Crippen molar-refractivity contribution in [2.24, 2.45) is 0 Å². The fourth-order valence-corrected chi connectivity index (χ4v) is 3.36. The summed E-state index contributed by atoms with van der Waals surface area (Å²) in [5.74, 6) is 0.156. The van der Waals surface area contributed by atoms with Crippen molar-refractivity contribution >= 4 is 5.91 Å². The molecule has 21 heavy (non-hydrogen) atoms. The average Bonchev–Trinajstić information content (AvgIpc) is 2.78. The Balaban J connectivity index is 2.07. The van der Waals surface area contributed by atoms with E-state index in [2.05, 4.69) is 41.0 Å². The van der Waals surface area contributed by atoms with Crippen LogP contribution in [0.1, 0.15) is 50.5 Å². The molecule has 1 aromatic rings.